The van der Waals surface area contributed by atoms with Crippen LogP contribution in [0.2, 0.25) is 5.02 Å². The molecule has 0 aromatic heterocycles. The van der Waals surface area contributed by atoms with E-state index in [0.29, 0.717) is 29.2 Å². The number of carbonyl (C=O) groups excluding carboxylic acids is 1. The van der Waals surface area contributed by atoms with Crippen LogP contribution >= 0.6 is 11.6 Å². The van der Waals surface area contributed by atoms with Gasteiger partial charge in [0.25, 0.3) is 10.0 Å². The standard InChI is InChI=1S/C23H22ClN3O3S/c24-19-9-7-17(8-10-19)15-25-11-13-26(14-12-25)22(28)16-27-20-5-1-3-18-4-2-6-21(23(18)20)31(27,29)30/h1-10H,11-16H2. The lowest BCUT2D eigenvalue weighted by molar-refractivity contribution is -0.131. The van der Waals surface area contributed by atoms with Gasteiger partial charge in [0.05, 0.1) is 10.6 Å². The third-order valence-corrected chi connectivity index (χ3v) is 8.06. The number of hydrogen-bond donors (Lipinski definition) is 0. The summed E-state index contributed by atoms with van der Waals surface area (Å²) in [6, 6.07) is 18.5. The first kappa shape index (κ1) is 20.3. The molecule has 2 aliphatic heterocycles. The topological polar surface area (TPSA) is 60.9 Å². The van der Waals surface area contributed by atoms with E-state index < -0.39 is 10.0 Å². The highest BCUT2D eigenvalue weighted by Gasteiger charge is 2.37. The van der Waals surface area contributed by atoms with E-state index in [0.717, 1.165) is 25.0 Å². The summed E-state index contributed by atoms with van der Waals surface area (Å²) >= 11 is 5.95. The Balaban J connectivity index is 1.26. The zero-order valence-electron chi connectivity index (χ0n) is 16.9. The molecule has 1 amide bonds. The summed E-state index contributed by atoms with van der Waals surface area (Å²) in [5, 5.41) is 2.28. The molecule has 1 saturated heterocycles. The van der Waals surface area contributed by atoms with E-state index in [1.165, 1.54) is 9.87 Å². The predicted octanol–water partition coefficient (Wildman–Crippen LogP) is 3.35. The van der Waals surface area contributed by atoms with Crippen molar-refractivity contribution in [3.63, 3.8) is 0 Å². The van der Waals surface area contributed by atoms with Crippen LogP contribution in [0, 0.1) is 0 Å². The average molecular weight is 456 g/mol. The maximum atomic E-state index is 13.1. The fraction of sp³-hybridized carbons (Fsp3) is 0.261. The number of nitrogens with zero attached hydrogens (tertiary/aromatic N) is 3. The summed E-state index contributed by atoms with van der Waals surface area (Å²) in [6.45, 7) is 3.28. The van der Waals surface area contributed by atoms with Gasteiger partial charge in [-0.2, -0.15) is 0 Å². The lowest BCUT2D eigenvalue weighted by Gasteiger charge is -2.35. The van der Waals surface area contributed by atoms with Gasteiger partial charge in [-0.1, -0.05) is 48.0 Å². The maximum Gasteiger partial charge on any atom is 0.265 e. The smallest absolute Gasteiger partial charge is 0.265 e. The second-order valence-electron chi connectivity index (χ2n) is 7.93. The first-order valence-electron chi connectivity index (χ1n) is 10.2. The van der Waals surface area contributed by atoms with Crippen molar-refractivity contribution >= 4 is 44.0 Å². The van der Waals surface area contributed by atoms with Crippen LogP contribution in [0.3, 0.4) is 0 Å². The molecule has 0 unspecified atom stereocenters. The zero-order chi connectivity index (χ0) is 21.6. The monoisotopic (exact) mass is 455 g/mol. The van der Waals surface area contributed by atoms with E-state index in [1.54, 1.807) is 23.1 Å². The molecule has 160 valence electrons. The molecule has 5 rings (SSSR count). The maximum absolute atomic E-state index is 13.1. The minimum absolute atomic E-state index is 0.167. The molecule has 0 radical (unpaired) electrons. The minimum Gasteiger partial charge on any atom is -0.339 e. The van der Waals surface area contributed by atoms with Crippen molar-refractivity contribution in [3.8, 4) is 0 Å². The molecule has 31 heavy (non-hydrogen) atoms. The number of piperazine rings is 1. The van der Waals surface area contributed by atoms with E-state index in [2.05, 4.69) is 4.90 Å². The van der Waals surface area contributed by atoms with Gasteiger partial charge < -0.3 is 4.90 Å². The number of rotatable bonds is 4. The Kier molecular flexibility index (Phi) is 5.12. The van der Waals surface area contributed by atoms with Crippen LogP contribution in [0.5, 0.6) is 0 Å². The third-order valence-electron chi connectivity index (χ3n) is 6.00. The molecule has 2 heterocycles. The van der Waals surface area contributed by atoms with Crippen LogP contribution in [-0.4, -0.2) is 56.8 Å². The van der Waals surface area contributed by atoms with Gasteiger partial charge in [0, 0.05) is 43.1 Å². The average Bonchev–Trinajstić information content (AvgIpc) is 2.99. The van der Waals surface area contributed by atoms with Crippen molar-refractivity contribution in [2.45, 2.75) is 11.4 Å². The van der Waals surface area contributed by atoms with Crippen molar-refractivity contribution in [2.24, 2.45) is 0 Å². The van der Waals surface area contributed by atoms with Gasteiger partial charge in [-0.15, -0.1) is 0 Å². The SMILES string of the molecule is O=C(CN1c2cccc3cccc(c23)S1(=O)=O)N1CCN(Cc2ccc(Cl)cc2)CC1. The highest BCUT2D eigenvalue weighted by molar-refractivity contribution is 7.93. The van der Waals surface area contributed by atoms with Gasteiger partial charge in [0.2, 0.25) is 5.91 Å². The largest absolute Gasteiger partial charge is 0.339 e. The Labute approximate surface area is 186 Å². The second-order valence-corrected chi connectivity index (χ2v) is 10.2. The first-order chi connectivity index (χ1) is 14.9. The highest BCUT2D eigenvalue weighted by atomic mass is 35.5. The first-order valence-corrected chi connectivity index (χ1v) is 12.0. The third kappa shape index (κ3) is 3.67. The normalized spacial score (nSPS) is 18.0. The lowest BCUT2D eigenvalue weighted by Crippen LogP contribution is -2.51. The van der Waals surface area contributed by atoms with E-state index >= 15 is 0 Å². The molecule has 0 bridgehead atoms. The molecule has 0 N–H and O–H groups in total. The van der Waals surface area contributed by atoms with E-state index in [-0.39, 0.29) is 17.3 Å². The Morgan fingerprint density at radius 2 is 1.58 bits per heavy atom. The van der Waals surface area contributed by atoms with Gasteiger partial charge in [-0.25, -0.2) is 8.42 Å². The van der Waals surface area contributed by atoms with Crippen molar-refractivity contribution in [1.82, 2.24) is 9.80 Å². The molecule has 0 saturated carbocycles. The molecule has 8 heteroatoms. The van der Waals surface area contributed by atoms with Gasteiger partial charge in [0.1, 0.15) is 6.54 Å². The molecule has 2 aliphatic rings. The Morgan fingerprint density at radius 1 is 0.903 bits per heavy atom. The molecule has 1 fully saturated rings. The van der Waals surface area contributed by atoms with Crippen LogP contribution in [0.1, 0.15) is 5.56 Å². The quantitative estimate of drug-likeness (QED) is 0.605. The summed E-state index contributed by atoms with van der Waals surface area (Å²) in [6.07, 6.45) is 0. The summed E-state index contributed by atoms with van der Waals surface area (Å²) in [7, 11) is -3.72. The van der Waals surface area contributed by atoms with Crippen LogP contribution < -0.4 is 4.31 Å². The molecule has 3 aromatic carbocycles. The molecule has 3 aromatic rings. The fourth-order valence-electron chi connectivity index (χ4n) is 4.35. The van der Waals surface area contributed by atoms with E-state index in [1.807, 2.05) is 42.5 Å². The molecular weight excluding hydrogens is 434 g/mol. The Hall–Kier alpha value is -2.61. The number of benzene rings is 3. The summed E-state index contributed by atoms with van der Waals surface area (Å²) < 4.78 is 27.5. The highest BCUT2D eigenvalue weighted by Crippen LogP contribution is 2.41. The van der Waals surface area contributed by atoms with E-state index in [9.17, 15) is 13.2 Å². The van der Waals surface area contributed by atoms with E-state index in [4.69, 9.17) is 11.6 Å². The van der Waals surface area contributed by atoms with Crippen molar-refractivity contribution in [1.29, 1.82) is 0 Å². The predicted molar refractivity (Wildman–Crippen MR) is 122 cm³/mol. The molecule has 0 atom stereocenters. The Morgan fingerprint density at radius 3 is 2.29 bits per heavy atom. The van der Waals surface area contributed by atoms with Gasteiger partial charge in [-0.05, 0) is 35.2 Å². The summed E-state index contributed by atoms with van der Waals surface area (Å²) in [5.41, 5.74) is 1.76. The van der Waals surface area contributed by atoms with Crippen LogP contribution in [0.4, 0.5) is 5.69 Å². The Bertz CT molecular complexity index is 1250. The van der Waals surface area contributed by atoms with Crippen LogP contribution in [-0.2, 0) is 21.4 Å². The fourth-order valence-corrected chi connectivity index (χ4v) is 6.14. The van der Waals surface area contributed by atoms with Crippen LogP contribution in [0.25, 0.3) is 10.8 Å². The minimum atomic E-state index is -3.72. The van der Waals surface area contributed by atoms with Crippen LogP contribution in [0.15, 0.2) is 65.6 Å². The molecule has 0 spiro atoms. The van der Waals surface area contributed by atoms with Gasteiger partial charge >= 0.3 is 0 Å². The molecular formula is C23H22ClN3O3S. The zero-order valence-corrected chi connectivity index (χ0v) is 18.4. The van der Waals surface area contributed by atoms with Crippen molar-refractivity contribution < 1.29 is 13.2 Å². The number of amides is 1. The number of sulfonamides is 1. The second kappa shape index (κ2) is 7.82. The lowest BCUT2D eigenvalue weighted by atomic mass is 10.1. The number of carbonyl (C=O) groups is 1. The molecule has 0 aliphatic carbocycles. The van der Waals surface area contributed by atoms with Gasteiger partial charge in [0.15, 0.2) is 0 Å². The number of hydrogen-bond acceptors (Lipinski definition) is 4. The summed E-state index contributed by atoms with van der Waals surface area (Å²) in [5.74, 6) is -0.167. The van der Waals surface area contributed by atoms with Crippen molar-refractivity contribution in [3.05, 3.63) is 71.2 Å². The van der Waals surface area contributed by atoms with Gasteiger partial charge in [-0.3, -0.25) is 14.0 Å². The number of halogens is 1. The summed E-state index contributed by atoms with van der Waals surface area (Å²) in [4.78, 5) is 17.3. The molecule has 6 nitrogen and oxygen atoms in total. The van der Waals surface area contributed by atoms with Crippen molar-refractivity contribution in [2.75, 3.05) is 37.0 Å². The number of anilines is 1.